The fraction of sp³-hybridized carbons (Fsp3) is 0.444. The molecule has 2 aromatic rings. The van der Waals surface area contributed by atoms with E-state index in [0.717, 1.165) is 17.7 Å². The van der Waals surface area contributed by atoms with E-state index in [1.54, 1.807) is 4.68 Å². The summed E-state index contributed by atoms with van der Waals surface area (Å²) in [6.07, 6.45) is 2.72. The molecule has 3 heterocycles. The van der Waals surface area contributed by atoms with Crippen LogP contribution in [-0.2, 0) is 9.47 Å². The molecule has 6 nitrogen and oxygen atoms in total. The molecule has 0 aliphatic carbocycles. The molecule has 24 heavy (non-hydrogen) atoms. The number of para-hydroxylation sites is 1. The van der Waals surface area contributed by atoms with Gasteiger partial charge in [0.25, 0.3) is 5.91 Å². The van der Waals surface area contributed by atoms with Crippen molar-refractivity contribution in [2.45, 2.75) is 18.9 Å². The summed E-state index contributed by atoms with van der Waals surface area (Å²) in [4.78, 5) is 15.1. The highest BCUT2D eigenvalue weighted by atomic mass is 16.5. The fourth-order valence-electron chi connectivity index (χ4n) is 3.49. The molecule has 0 saturated carbocycles. The average molecular weight is 327 g/mol. The van der Waals surface area contributed by atoms with Crippen LogP contribution in [-0.4, -0.2) is 59.1 Å². The Labute approximate surface area is 141 Å². The van der Waals surface area contributed by atoms with Gasteiger partial charge in [-0.3, -0.25) is 4.79 Å². The van der Waals surface area contributed by atoms with E-state index < -0.39 is 0 Å². The zero-order valence-electron chi connectivity index (χ0n) is 13.8. The average Bonchev–Trinajstić information content (AvgIpc) is 3.23. The lowest BCUT2D eigenvalue weighted by atomic mass is 9.95. The minimum Gasteiger partial charge on any atom is -0.379 e. The molecule has 2 saturated heterocycles. The molecule has 1 amide bonds. The molecule has 1 aromatic heterocycles. The third-order valence-corrected chi connectivity index (χ3v) is 4.85. The number of aryl methyl sites for hydroxylation is 1. The Kier molecular flexibility index (Phi) is 3.86. The number of nitrogens with zero attached hydrogens (tertiary/aromatic N) is 3. The predicted molar refractivity (Wildman–Crippen MR) is 88.3 cm³/mol. The number of ether oxygens (including phenoxy) is 2. The van der Waals surface area contributed by atoms with Crippen LogP contribution in [0.1, 0.15) is 22.5 Å². The topological polar surface area (TPSA) is 56.6 Å². The molecule has 2 aliphatic rings. The number of carbonyl (C=O) groups excluding carboxylic acids is 1. The van der Waals surface area contributed by atoms with Crippen molar-refractivity contribution in [1.29, 1.82) is 0 Å². The van der Waals surface area contributed by atoms with E-state index in [1.807, 2.05) is 48.4 Å². The molecule has 126 valence electrons. The van der Waals surface area contributed by atoms with Crippen LogP contribution in [0.4, 0.5) is 0 Å². The molecular weight excluding hydrogens is 306 g/mol. The highest BCUT2D eigenvalue weighted by Gasteiger charge is 2.46. The van der Waals surface area contributed by atoms with Crippen molar-refractivity contribution in [3.05, 3.63) is 47.8 Å². The molecule has 6 heteroatoms. The van der Waals surface area contributed by atoms with Crippen LogP contribution in [0.3, 0.4) is 0 Å². The summed E-state index contributed by atoms with van der Waals surface area (Å²) < 4.78 is 13.0. The smallest absolute Gasteiger partial charge is 0.275 e. The third kappa shape index (κ3) is 2.52. The van der Waals surface area contributed by atoms with Gasteiger partial charge in [-0.15, -0.1) is 0 Å². The summed E-state index contributed by atoms with van der Waals surface area (Å²) in [6.45, 7) is 4.82. The van der Waals surface area contributed by atoms with Gasteiger partial charge in [-0.1, -0.05) is 18.2 Å². The van der Waals surface area contributed by atoms with Gasteiger partial charge in [-0.05, 0) is 25.5 Å². The number of aromatic nitrogens is 2. The van der Waals surface area contributed by atoms with E-state index in [0.29, 0.717) is 38.7 Å². The van der Waals surface area contributed by atoms with Crippen LogP contribution in [0, 0.1) is 6.92 Å². The van der Waals surface area contributed by atoms with Gasteiger partial charge in [0.05, 0.1) is 31.0 Å². The van der Waals surface area contributed by atoms with Crippen molar-refractivity contribution in [2.75, 3.05) is 33.0 Å². The molecule has 2 fully saturated rings. The fourth-order valence-corrected chi connectivity index (χ4v) is 3.49. The van der Waals surface area contributed by atoms with Crippen LogP contribution >= 0.6 is 0 Å². The van der Waals surface area contributed by atoms with Crippen molar-refractivity contribution in [1.82, 2.24) is 14.7 Å². The van der Waals surface area contributed by atoms with E-state index in [1.165, 1.54) is 0 Å². The Morgan fingerprint density at radius 3 is 2.67 bits per heavy atom. The lowest BCUT2D eigenvalue weighted by molar-refractivity contribution is -0.0553. The molecule has 1 atom stereocenters. The van der Waals surface area contributed by atoms with E-state index in [4.69, 9.17) is 9.47 Å². The van der Waals surface area contributed by atoms with Crippen LogP contribution in [0.25, 0.3) is 5.69 Å². The second-order valence-corrected chi connectivity index (χ2v) is 6.48. The summed E-state index contributed by atoms with van der Waals surface area (Å²) in [7, 11) is 0. The van der Waals surface area contributed by atoms with E-state index >= 15 is 0 Å². The second kappa shape index (κ2) is 6.03. The maximum atomic E-state index is 13.2. The Morgan fingerprint density at radius 2 is 1.92 bits per heavy atom. The van der Waals surface area contributed by atoms with Crippen LogP contribution < -0.4 is 0 Å². The molecule has 4 rings (SSSR count). The molecule has 1 unspecified atom stereocenters. The number of amides is 1. The molecule has 2 aliphatic heterocycles. The lowest BCUT2D eigenvalue weighted by Crippen LogP contribution is -2.59. The first-order valence-corrected chi connectivity index (χ1v) is 8.29. The number of benzene rings is 1. The van der Waals surface area contributed by atoms with Crippen LogP contribution in [0.2, 0.25) is 0 Å². The van der Waals surface area contributed by atoms with Gasteiger partial charge >= 0.3 is 0 Å². The van der Waals surface area contributed by atoms with Crippen molar-refractivity contribution < 1.29 is 14.3 Å². The largest absolute Gasteiger partial charge is 0.379 e. The van der Waals surface area contributed by atoms with Crippen molar-refractivity contribution >= 4 is 5.91 Å². The summed E-state index contributed by atoms with van der Waals surface area (Å²) in [6, 6.07) is 9.83. The molecule has 0 radical (unpaired) electrons. The number of morpholine rings is 1. The maximum absolute atomic E-state index is 13.2. The number of hydrogen-bond donors (Lipinski definition) is 0. The summed E-state index contributed by atoms with van der Waals surface area (Å²) in [5, 5.41) is 4.55. The third-order valence-electron chi connectivity index (χ3n) is 4.85. The lowest BCUT2D eigenvalue weighted by Gasteiger charge is -2.43. The Bertz CT molecular complexity index is 735. The van der Waals surface area contributed by atoms with Crippen LogP contribution in [0.15, 0.2) is 36.5 Å². The minimum absolute atomic E-state index is 0.0315. The Hall–Kier alpha value is -2.18. The first-order valence-electron chi connectivity index (χ1n) is 8.29. The second-order valence-electron chi connectivity index (χ2n) is 6.48. The van der Waals surface area contributed by atoms with Gasteiger partial charge in [0.2, 0.25) is 0 Å². The zero-order chi connectivity index (χ0) is 16.6. The summed E-state index contributed by atoms with van der Waals surface area (Å²) in [5.74, 6) is -0.0315. The predicted octanol–water partition coefficient (Wildman–Crippen LogP) is 1.81. The molecule has 0 N–H and O–H groups in total. The van der Waals surface area contributed by atoms with E-state index in [2.05, 4.69) is 5.10 Å². The maximum Gasteiger partial charge on any atom is 0.275 e. The number of rotatable bonds is 2. The van der Waals surface area contributed by atoms with E-state index in [9.17, 15) is 4.79 Å². The van der Waals surface area contributed by atoms with E-state index in [-0.39, 0.29) is 11.4 Å². The first kappa shape index (κ1) is 15.4. The quantitative estimate of drug-likeness (QED) is 0.844. The van der Waals surface area contributed by atoms with Gasteiger partial charge in [0.1, 0.15) is 0 Å². The van der Waals surface area contributed by atoms with Crippen molar-refractivity contribution in [3.63, 3.8) is 0 Å². The molecular formula is C18H21N3O3. The number of hydrogen-bond acceptors (Lipinski definition) is 4. The Morgan fingerprint density at radius 1 is 1.17 bits per heavy atom. The van der Waals surface area contributed by atoms with Gasteiger partial charge in [-0.25, -0.2) is 4.68 Å². The van der Waals surface area contributed by atoms with Gasteiger partial charge < -0.3 is 14.4 Å². The normalized spacial score (nSPS) is 23.8. The van der Waals surface area contributed by atoms with Gasteiger partial charge in [0.15, 0.2) is 5.69 Å². The zero-order valence-corrected chi connectivity index (χ0v) is 13.8. The molecule has 1 spiro atoms. The highest BCUT2D eigenvalue weighted by Crippen LogP contribution is 2.31. The summed E-state index contributed by atoms with van der Waals surface area (Å²) >= 11 is 0. The first-order chi connectivity index (χ1) is 11.7. The minimum atomic E-state index is -0.335. The monoisotopic (exact) mass is 327 g/mol. The number of carbonyl (C=O) groups is 1. The SMILES string of the molecule is Cc1cn(-c2ccccc2)nc1C(=O)N1CCOCC12CCOC2. The van der Waals surface area contributed by atoms with Gasteiger partial charge in [-0.2, -0.15) is 5.10 Å². The standard InChI is InChI=1S/C18H21N3O3/c1-14-11-21(15-5-3-2-4-6-15)19-16(14)17(22)20-8-10-24-13-18(20)7-9-23-12-18/h2-6,11H,7-10,12-13H2,1H3. The molecule has 1 aromatic carbocycles. The highest BCUT2D eigenvalue weighted by molar-refractivity contribution is 5.94. The van der Waals surface area contributed by atoms with Crippen molar-refractivity contribution in [2.24, 2.45) is 0 Å². The molecule has 0 bridgehead atoms. The van der Waals surface area contributed by atoms with Gasteiger partial charge in [0, 0.05) is 24.9 Å². The Balaban J connectivity index is 1.66. The van der Waals surface area contributed by atoms with Crippen molar-refractivity contribution in [3.8, 4) is 5.69 Å². The summed E-state index contributed by atoms with van der Waals surface area (Å²) in [5.41, 5.74) is 2.00. The van der Waals surface area contributed by atoms with Crippen LogP contribution in [0.5, 0.6) is 0 Å².